The van der Waals surface area contributed by atoms with Crippen LogP contribution in [0.25, 0.3) is 0 Å². The summed E-state index contributed by atoms with van der Waals surface area (Å²) in [6, 6.07) is 0. The maximum Gasteiger partial charge on any atom is 0.177 e. The van der Waals surface area contributed by atoms with Gasteiger partial charge in [0.15, 0.2) is 11.5 Å². The van der Waals surface area contributed by atoms with E-state index in [-0.39, 0.29) is 12.2 Å². The molecule has 0 saturated carbocycles. The Hall–Kier alpha value is 0.180. The number of aliphatic hydroxyl groups is 1. The first-order valence-corrected chi connectivity index (χ1v) is 8.87. The van der Waals surface area contributed by atoms with Gasteiger partial charge in [-0.25, -0.2) is 0 Å². The number of likely N-dealkylation sites (N-methyl/N-ethyl adjacent to an activating group) is 1. The molecule has 1 atom stereocenters. The number of hydrogen-bond donors (Lipinski definition) is 1. The van der Waals surface area contributed by atoms with Crippen molar-refractivity contribution in [1.29, 1.82) is 0 Å². The molecule has 1 aromatic carbocycles. The molecule has 0 saturated heterocycles. The first kappa shape index (κ1) is 17.5. The number of aliphatic hydroxyl groups excluding tert-OH is 1. The molecule has 0 bridgehead atoms. The van der Waals surface area contributed by atoms with Gasteiger partial charge in [0.25, 0.3) is 0 Å². The lowest BCUT2D eigenvalue weighted by molar-refractivity contribution is 0.000369. The van der Waals surface area contributed by atoms with Crippen LogP contribution in [0, 0.1) is 0 Å². The van der Waals surface area contributed by atoms with Gasteiger partial charge in [-0.3, -0.25) is 4.90 Å². The van der Waals surface area contributed by atoms with E-state index in [0.29, 0.717) is 5.75 Å². The Morgan fingerprint density at radius 1 is 1.24 bits per heavy atom. The minimum Gasteiger partial charge on any atom is -0.484 e. The Kier molecular flexibility index (Phi) is 5.31. The fourth-order valence-corrected chi connectivity index (χ4v) is 3.80. The molecule has 1 heterocycles. The first-order valence-electron chi connectivity index (χ1n) is 6.49. The number of rotatable bonds is 4. The van der Waals surface area contributed by atoms with Gasteiger partial charge in [0, 0.05) is 16.5 Å². The third-order valence-corrected chi connectivity index (χ3v) is 6.77. The lowest BCUT2D eigenvalue weighted by Gasteiger charge is -2.22. The normalized spacial score (nSPS) is 17.6. The van der Waals surface area contributed by atoms with Gasteiger partial charge >= 0.3 is 0 Å². The van der Waals surface area contributed by atoms with E-state index in [0.717, 1.165) is 31.2 Å². The molecular weight excluding hydrogens is 470 g/mol. The zero-order valence-electron chi connectivity index (χ0n) is 12.3. The van der Waals surface area contributed by atoms with Gasteiger partial charge in [0.2, 0.25) is 0 Å². The maximum atomic E-state index is 9.88. The molecule has 1 aliphatic rings. The molecule has 1 aromatic rings. The molecule has 0 radical (unpaired) electrons. The molecule has 2 rings (SSSR count). The van der Waals surface area contributed by atoms with Gasteiger partial charge in [-0.05, 0) is 75.7 Å². The molecule has 4 nitrogen and oxygen atoms in total. The summed E-state index contributed by atoms with van der Waals surface area (Å²) in [5.74, 6) is 1.35. The fourth-order valence-electron chi connectivity index (χ4n) is 2.10. The van der Waals surface area contributed by atoms with E-state index in [1.165, 1.54) is 0 Å². The number of fused-ring (bicyclic) bond motifs is 1. The first-order chi connectivity index (χ1) is 9.64. The van der Waals surface area contributed by atoms with Crippen molar-refractivity contribution in [3.63, 3.8) is 0 Å². The van der Waals surface area contributed by atoms with Crippen LogP contribution in [0.2, 0.25) is 0 Å². The van der Waals surface area contributed by atoms with Gasteiger partial charge in [0.1, 0.15) is 18.4 Å². The topological polar surface area (TPSA) is 41.9 Å². The van der Waals surface area contributed by atoms with Crippen LogP contribution in [-0.2, 0) is 6.42 Å². The molecule has 0 aliphatic carbocycles. The largest absolute Gasteiger partial charge is 0.484 e. The molecule has 0 amide bonds. The average Bonchev–Trinajstić information content (AvgIpc) is 2.71. The lowest BCUT2D eigenvalue weighted by atomic mass is 10.0. The van der Waals surface area contributed by atoms with Crippen molar-refractivity contribution in [2.24, 2.45) is 0 Å². The zero-order chi connectivity index (χ0) is 15.9. The highest BCUT2D eigenvalue weighted by Gasteiger charge is 2.37. The molecule has 21 heavy (non-hydrogen) atoms. The van der Waals surface area contributed by atoms with Crippen LogP contribution in [0.5, 0.6) is 11.5 Å². The summed E-state index contributed by atoms with van der Waals surface area (Å²) in [5.41, 5.74) is 0.799. The van der Waals surface area contributed by atoms with E-state index in [1.54, 1.807) is 19.0 Å². The second-order valence-electron chi connectivity index (χ2n) is 5.87. The summed E-state index contributed by atoms with van der Waals surface area (Å²) in [5, 5.41) is 9.88. The van der Waals surface area contributed by atoms with Crippen LogP contribution >= 0.6 is 47.8 Å². The van der Waals surface area contributed by atoms with E-state index in [4.69, 9.17) is 9.47 Å². The van der Waals surface area contributed by atoms with Crippen LogP contribution < -0.4 is 9.47 Å². The zero-order valence-corrected chi connectivity index (χ0v) is 17.1. The van der Waals surface area contributed by atoms with Gasteiger partial charge in [-0.15, -0.1) is 0 Å². The minimum atomic E-state index is -0.676. The highest BCUT2D eigenvalue weighted by Crippen LogP contribution is 2.53. The van der Waals surface area contributed by atoms with E-state index in [1.807, 2.05) is 13.8 Å². The van der Waals surface area contributed by atoms with Crippen molar-refractivity contribution in [3.8, 4) is 11.5 Å². The van der Waals surface area contributed by atoms with Crippen LogP contribution in [-0.4, -0.2) is 42.5 Å². The number of ether oxygens (including phenoxy) is 2. The summed E-state index contributed by atoms with van der Waals surface area (Å²) < 4.78 is 14.5. The maximum absolute atomic E-state index is 9.88. The molecule has 0 spiro atoms. The Labute approximate surface area is 150 Å². The van der Waals surface area contributed by atoms with Crippen molar-refractivity contribution in [1.82, 2.24) is 4.90 Å². The highest BCUT2D eigenvalue weighted by atomic mass is 79.9. The number of benzene rings is 1. The molecule has 1 N–H and O–H groups in total. The standard InChI is InChI=1S/C14H18Br3NO3/c1-14(2)5-7-9(15)10(16)11(17)13(12(7)21-14)20-6-8(19)18(3)4/h8,19H,5-6H2,1-4H3. The monoisotopic (exact) mass is 485 g/mol. The smallest absolute Gasteiger partial charge is 0.177 e. The third kappa shape index (κ3) is 3.58. The summed E-state index contributed by atoms with van der Waals surface area (Å²) >= 11 is 10.7. The molecule has 118 valence electrons. The Balaban J connectivity index is 2.38. The Morgan fingerprint density at radius 3 is 2.43 bits per heavy atom. The summed E-state index contributed by atoms with van der Waals surface area (Å²) in [6.07, 6.45) is 0.117. The third-order valence-electron chi connectivity index (χ3n) is 3.28. The summed E-state index contributed by atoms with van der Waals surface area (Å²) in [7, 11) is 3.59. The van der Waals surface area contributed by atoms with Gasteiger partial charge in [-0.2, -0.15) is 0 Å². The second-order valence-corrected chi connectivity index (χ2v) is 8.25. The average molecular weight is 488 g/mol. The van der Waals surface area contributed by atoms with Crippen molar-refractivity contribution in [2.75, 3.05) is 20.7 Å². The fraction of sp³-hybridized carbons (Fsp3) is 0.571. The molecule has 1 unspecified atom stereocenters. The Bertz CT molecular complexity index is 561. The Morgan fingerprint density at radius 2 is 1.86 bits per heavy atom. The van der Waals surface area contributed by atoms with E-state index >= 15 is 0 Å². The number of hydrogen-bond acceptors (Lipinski definition) is 4. The predicted molar refractivity (Wildman–Crippen MR) is 93.1 cm³/mol. The van der Waals surface area contributed by atoms with Gasteiger partial charge < -0.3 is 14.6 Å². The van der Waals surface area contributed by atoms with E-state index < -0.39 is 6.23 Å². The van der Waals surface area contributed by atoms with Crippen molar-refractivity contribution in [3.05, 3.63) is 19.0 Å². The molecular formula is C14H18Br3NO3. The molecule has 0 fully saturated rings. The molecule has 1 aliphatic heterocycles. The van der Waals surface area contributed by atoms with E-state index in [9.17, 15) is 5.11 Å². The quantitative estimate of drug-likeness (QED) is 0.516. The van der Waals surface area contributed by atoms with Gasteiger partial charge in [-0.1, -0.05) is 0 Å². The van der Waals surface area contributed by atoms with Crippen LogP contribution in [0.15, 0.2) is 13.4 Å². The van der Waals surface area contributed by atoms with Gasteiger partial charge in [0.05, 0.1) is 8.95 Å². The SMILES string of the molecule is CN(C)C(O)COc1c(Br)c(Br)c(Br)c2c1OC(C)(C)C2. The number of halogens is 3. The highest BCUT2D eigenvalue weighted by molar-refractivity contribution is 9.14. The minimum absolute atomic E-state index is 0.163. The van der Waals surface area contributed by atoms with Crippen molar-refractivity contribution >= 4 is 47.8 Å². The summed E-state index contributed by atoms with van der Waals surface area (Å²) in [6.45, 7) is 4.25. The van der Waals surface area contributed by atoms with E-state index in [2.05, 4.69) is 47.8 Å². The van der Waals surface area contributed by atoms with Crippen molar-refractivity contribution in [2.45, 2.75) is 32.1 Å². The van der Waals surface area contributed by atoms with Crippen LogP contribution in [0.1, 0.15) is 19.4 Å². The number of nitrogens with zero attached hydrogens (tertiary/aromatic N) is 1. The van der Waals surface area contributed by atoms with Crippen LogP contribution in [0.4, 0.5) is 0 Å². The van der Waals surface area contributed by atoms with Crippen LogP contribution in [0.3, 0.4) is 0 Å². The summed E-state index contributed by atoms with van der Waals surface area (Å²) in [4.78, 5) is 1.69. The molecule has 0 aromatic heterocycles. The predicted octanol–water partition coefficient (Wildman–Crippen LogP) is 3.95. The second kappa shape index (κ2) is 6.35. The lowest BCUT2D eigenvalue weighted by Crippen LogP contribution is -2.33. The molecule has 7 heteroatoms. The van der Waals surface area contributed by atoms with Crippen molar-refractivity contribution < 1.29 is 14.6 Å².